The van der Waals surface area contributed by atoms with Crippen LogP contribution in [0, 0.1) is 5.92 Å². The third-order valence-corrected chi connectivity index (χ3v) is 3.91. The summed E-state index contributed by atoms with van der Waals surface area (Å²) in [5.74, 6) is 0.762. The molecule has 19 heavy (non-hydrogen) atoms. The van der Waals surface area contributed by atoms with Crippen molar-refractivity contribution in [2.24, 2.45) is 5.92 Å². The van der Waals surface area contributed by atoms with Crippen LogP contribution in [-0.2, 0) is 4.79 Å². The van der Waals surface area contributed by atoms with E-state index < -0.39 is 0 Å². The van der Waals surface area contributed by atoms with E-state index in [2.05, 4.69) is 17.6 Å². The molecule has 104 valence electrons. The average Bonchev–Trinajstić information content (AvgIpc) is 3.21. The summed E-state index contributed by atoms with van der Waals surface area (Å²) in [6, 6.07) is 8.13. The minimum atomic E-state index is 0.0696. The van der Waals surface area contributed by atoms with Crippen molar-refractivity contribution < 1.29 is 4.79 Å². The zero-order valence-electron chi connectivity index (χ0n) is 11.4. The molecule has 2 rings (SSSR count). The fourth-order valence-corrected chi connectivity index (χ4v) is 2.26. The summed E-state index contributed by atoms with van der Waals surface area (Å²) in [6.45, 7) is 4.47. The molecule has 2 atom stereocenters. The molecule has 1 aromatic carbocycles. The molecule has 1 saturated carbocycles. The van der Waals surface area contributed by atoms with Crippen molar-refractivity contribution in [3.8, 4) is 0 Å². The quantitative estimate of drug-likeness (QED) is 0.841. The van der Waals surface area contributed by atoms with Crippen LogP contribution in [0.1, 0.15) is 38.3 Å². The first-order valence-corrected chi connectivity index (χ1v) is 7.22. The Balaban J connectivity index is 1.74. The molecule has 0 bridgehead atoms. The number of hydrogen-bond donors (Lipinski definition) is 2. The highest BCUT2D eigenvalue weighted by Gasteiger charge is 2.28. The number of benzene rings is 1. The highest BCUT2D eigenvalue weighted by Crippen LogP contribution is 2.32. The number of hydrogen-bond acceptors (Lipinski definition) is 2. The first kappa shape index (κ1) is 14.4. The number of rotatable bonds is 6. The molecule has 1 amide bonds. The molecule has 2 N–H and O–H groups in total. The summed E-state index contributed by atoms with van der Waals surface area (Å²) >= 11 is 5.85. The van der Waals surface area contributed by atoms with Gasteiger partial charge in [-0.2, -0.15) is 0 Å². The van der Waals surface area contributed by atoms with Crippen LogP contribution in [0.25, 0.3) is 0 Å². The van der Waals surface area contributed by atoms with Crippen LogP contribution in [0.2, 0.25) is 5.02 Å². The van der Waals surface area contributed by atoms with Crippen molar-refractivity contribution in [2.75, 3.05) is 6.54 Å². The first-order chi connectivity index (χ1) is 9.06. The maximum atomic E-state index is 11.8. The Morgan fingerprint density at radius 3 is 2.53 bits per heavy atom. The van der Waals surface area contributed by atoms with Crippen molar-refractivity contribution in [3.05, 3.63) is 34.9 Å². The molecule has 4 heteroatoms. The van der Waals surface area contributed by atoms with Crippen LogP contribution < -0.4 is 10.6 Å². The normalized spacial score (nSPS) is 17.8. The smallest absolute Gasteiger partial charge is 0.234 e. The summed E-state index contributed by atoms with van der Waals surface area (Å²) in [4.78, 5) is 11.8. The summed E-state index contributed by atoms with van der Waals surface area (Å²) in [7, 11) is 0. The lowest BCUT2D eigenvalue weighted by Gasteiger charge is -2.16. The van der Waals surface area contributed by atoms with E-state index in [0.717, 1.165) is 10.6 Å². The molecule has 0 spiro atoms. The minimum absolute atomic E-state index is 0.0696. The van der Waals surface area contributed by atoms with Crippen molar-refractivity contribution in [3.63, 3.8) is 0 Å². The van der Waals surface area contributed by atoms with Gasteiger partial charge >= 0.3 is 0 Å². The lowest BCUT2D eigenvalue weighted by Crippen LogP contribution is -2.40. The number of amides is 1. The Morgan fingerprint density at radius 2 is 1.95 bits per heavy atom. The SMILES string of the molecule is C[C@H](NCC(=O)N[C@@H](C)C1CC1)c1ccc(Cl)cc1. The summed E-state index contributed by atoms with van der Waals surface area (Å²) in [6.07, 6.45) is 2.49. The van der Waals surface area contributed by atoms with Gasteiger partial charge in [0.2, 0.25) is 5.91 Å². The van der Waals surface area contributed by atoms with Gasteiger partial charge in [0.25, 0.3) is 0 Å². The van der Waals surface area contributed by atoms with Gasteiger partial charge in [0.1, 0.15) is 0 Å². The van der Waals surface area contributed by atoms with E-state index in [-0.39, 0.29) is 11.9 Å². The fraction of sp³-hybridized carbons (Fsp3) is 0.533. The number of nitrogens with one attached hydrogen (secondary N) is 2. The number of carbonyl (C=O) groups excluding carboxylic acids is 1. The Kier molecular flexibility index (Phi) is 4.83. The molecule has 1 aliphatic rings. The van der Waals surface area contributed by atoms with Gasteiger partial charge in [0.05, 0.1) is 6.54 Å². The van der Waals surface area contributed by atoms with E-state index in [9.17, 15) is 4.79 Å². The van der Waals surface area contributed by atoms with Crippen LogP contribution in [0.15, 0.2) is 24.3 Å². The zero-order valence-corrected chi connectivity index (χ0v) is 12.2. The molecule has 0 aromatic heterocycles. The first-order valence-electron chi connectivity index (χ1n) is 6.84. The van der Waals surface area contributed by atoms with Crippen LogP contribution in [0.3, 0.4) is 0 Å². The second-order valence-electron chi connectivity index (χ2n) is 5.35. The molecule has 1 fully saturated rings. The van der Waals surface area contributed by atoms with Crippen molar-refractivity contribution in [1.82, 2.24) is 10.6 Å². The molecule has 0 radical (unpaired) electrons. The second kappa shape index (κ2) is 6.40. The molecule has 3 nitrogen and oxygen atoms in total. The van der Waals surface area contributed by atoms with Gasteiger partial charge in [-0.25, -0.2) is 0 Å². The maximum absolute atomic E-state index is 11.8. The fourth-order valence-electron chi connectivity index (χ4n) is 2.13. The molecule has 1 aliphatic carbocycles. The number of halogens is 1. The van der Waals surface area contributed by atoms with E-state index >= 15 is 0 Å². The van der Waals surface area contributed by atoms with E-state index in [0.29, 0.717) is 18.5 Å². The standard InChI is InChI=1S/C15H21ClN2O/c1-10(12-5-7-14(16)8-6-12)17-9-15(19)18-11(2)13-3-4-13/h5-8,10-11,13,17H,3-4,9H2,1-2H3,(H,18,19)/t10-,11-/m0/s1. The minimum Gasteiger partial charge on any atom is -0.352 e. The molecule has 0 heterocycles. The highest BCUT2D eigenvalue weighted by molar-refractivity contribution is 6.30. The van der Waals surface area contributed by atoms with Gasteiger partial charge in [-0.1, -0.05) is 23.7 Å². The van der Waals surface area contributed by atoms with Gasteiger partial charge in [-0.05, 0) is 50.3 Å². The third-order valence-electron chi connectivity index (χ3n) is 3.66. The van der Waals surface area contributed by atoms with E-state index in [4.69, 9.17) is 11.6 Å². The lowest BCUT2D eigenvalue weighted by molar-refractivity contribution is -0.121. The van der Waals surface area contributed by atoms with Crippen molar-refractivity contribution in [2.45, 2.75) is 38.8 Å². The molecular formula is C15H21ClN2O. The summed E-state index contributed by atoms with van der Waals surface area (Å²) < 4.78 is 0. The molecule has 0 saturated heterocycles. The van der Waals surface area contributed by atoms with E-state index in [1.807, 2.05) is 31.2 Å². The zero-order chi connectivity index (χ0) is 13.8. The van der Waals surface area contributed by atoms with E-state index in [1.54, 1.807) is 0 Å². The molecular weight excluding hydrogens is 260 g/mol. The molecule has 0 aliphatic heterocycles. The Morgan fingerprint density at radius 1 is 1.32 bits per heavy atom. The lowest BCUT2D eigenvalue weighted by atomic mass is 10.1. The van der Waals surface area contributed by atoms with Gasteiger partial charge in [0, 0.05) is 17.1 Å². The Labute approximate surface area is 119 Å². The number of carbonyl (C=O) groups is 1. The summed E-state index contributed by atoms with van der Waals surface area (Å²) in [5, 5.41) is 6.99. The predicted octanol–water partition coefficient (Wildman–Crippen LogP) is 2.91. The maximum Gasteiger partial charge on any atom is 0.234 e. The van der Waals surface area contributed by atoms with Gasteiger partial charge in [0.15, 0.2) is 0 Å². The van der Waals surface area contributed by atoms with Crippen molar-refractivity contribution in [1.29, 1.82) is 0 Å². The van der Waals surface area contributed by atoms with Gasteiger partial charge in [-0.3, -0.25) is 4.79 Å². The monoisotopic (exact) mass is 280 g/mol. The van der Waals surface area contributed by atoms with Crippen LogP contribution in [-0.4, -0.2) is 18.5 Å². The van der Waals surface area contributed by atoms with Gasteiger partial charge < -0.3 is 10.6 Å². The topological polar surface area (TPSA) is 41.1 Å². The third kappa shape index (κ3) is 4.51. The largest absolute Gasteiger partial charge is 0.352 e. The van der Waals surface area contributed by atoms with Crippen molar-refractivity contribution >= 4 is 17.5 Å². The van der Waals surface area contributed by atoms with Crippen LogP contribution in [0.5, 0.6) is 0 Å². The van der Waals surface area contributed by atoms with Gasteiger partial charge in [-0.15, -0.1) is 0 Å². The van der Waals surface area contributed by atoms with Crippen LogP contribution >= 0.6 is 11.6 Å². The van der Waals surface area contributed by atoms with E-state index in [1.165, 1.54) is 12.8 Å². The molecule has 0 unspecified atom stereocenters. The predicted molar refractivity (Wildman–Crippen MR) is 78.2 cm³/mol. The highest BCUT2D eigenvalue weighted by atomic mass is 35.5. The Hall–Kier alpha value is -1.06. The summed E-state index contributed by atoms with van der Waals surface area (Å²) in [5.41, 5.74) is 1.13. The molecule has 1 aromatic rings. The van der Waals surface area contributed by atoms with Crippen LogP contribution in [0.4, 0.5) is 0 Å². The Bertz CT molecular complexity index is 428. The second-order valence-corrected chi connectivity index (χ2v) is 5.78. The average molecular weight is 281 g/mol.